The summed E-state index contributed by atoms with van der Waals surface area (Å²) in [5, 5.41) is 47.2. The molecule has 0 amide bonds. The van der Waals surface area contributed by atoms with Crippen LogP contribution in [0.15, 0.2) is 0 Å². The summed E-state index contributed by atoms with van der Waals surface area (Å²) in [6, 6.07) is 0. The smallest absolute Gasteiger partial charge is 0.659 e. The number of rotatable bonds is 0. The van der Waals surface area contributed by atoms with Crippen molar-refractivity contribution in [2.24, 2.45) is 0 Å². The predicted octanol–water partition coefficient (Wildman–Crippen LogP) is -3.13. The van der Waals surface area contributed by atoms with Crippen molar-refractivity contribution in [1.82, 2.24) is 0 Å². The van der Waals surface area contributed by atoms with Crippen molar-refractivity contribution < 1.29 is 77.5 Å². The van der Waals surface area contributed by atoms with Gasteiger partial charge in [-0.2, -0.15) is 0 Å². The van der Waals surface area contributed by atoms with E-state index in [-0.39, 0.29) is 17.4 Å². The molecule has 12 nitrogen and oxygen atoms in total. The van der Waals surface area contributed by atoms with Crippen LogP contribution >= 0.6 is 0 Å². The van der Waals surface area contributed by atoms with E-state index in [0.29, 0.717) is 0 Å². The van der Waals surface area contributed by atoms with Crippen molar-refractivity contribution in [3.8, 4) is 0 Å². The molecule has 0 rings (SSSR count). The van der Waals surface area contributed by atoms with Gasteiger partial charge in [-0.3, -0.25) is 0 Å². The molecule has 93 valence electrons. The van der Waals surface area contributed by atoms with Crippen molar-refractivity contribution in [3.63, 3.8) is 0 Å². The van der Waals surface area contributed by atoms with E-state index in [9.17, 15) is 0 Å². The average molecular weight is 283 g/mol. The van der Waals surface area contributed by atoms with E-state index in [2.05, 4.69) is 14.7 Å². The first kappa shape index (κ1) is 23.8. The molecule has 0 aliphatic heterocycles. The Hall–Kier alpha value is -1.78. The summed E-state index contributed by atoms with van der Waals surface area (Å²) in [4.78, 5) is 33.8. The zero-order valence-corrected chi connectivity index (χ0v) is 8.20. The first-order chi connectivity index (χ1) is 6.81. The van der Waals surface area contributed by atoms with Crippen LogP contribution in [0.25, 0.3) is 0 Å². The molecule has 0 fully saturated rings. The van der Waals surface area contributed by atoms with Gasteiger partial charge in [0.15, 0.2) is 0 Å². The quantitative estimate of drug-likeness (QED) is 0.297. The monoisotopic (exact) mass is 283 g/mol. The molecule has 0 atom stereocenters. The molecule has 3 N–H and O–H groups in total. The van der Waals surface area contributed by atoms with Gasteiger partial charge in [-0.15, -0.1) is 0 Å². The number of carbonyl (C=O) groups is 3. The van der Waals surface area contributed by atoms with Gasteiger partial charge in [-0.25, -0.2) is 14.4 Å². The van der Waals surface area contributed by atoms with E-state index in [1.807, 2.05) is 0 Å². The Kier molecular flexibility index (Phi) is 28.1. The Morgan fingerprint density at radius 3 is 0.750 bits per heavy atom. The number of hydrogen-bond acceptors (Lipinski definition) is 9. The van der Waals surface area contributed by atoms with Crippen molar-refractivity contribution in [2.75, 3.05) is 0 Å². The second kappa shape index (κ2) is 18.9. The van der Waals surface area contributed by atoms with Crippen LogP contribution < -0.4 is 15.8 Å². The molecule has 0 aromatic carbocycles. The largest absolute Gasteiger partial charge is 3.00 e. The van der Waals surface area contributed by atoms with E-state index >= 15 is 0 Å². The van der Waals surface area contributed by atoms with Crippen molar-refractivity contribution in [3.05, 3.63) is 0 Å². The SMILES string of the molecule is O=C(O)O[O-].O=C(O)O[O-].O=C(O)O[O-].[Cr+3]. The molecule has 13 heteroatoms. The van der Waals surface area contributed by atoms with Gasteiger partial charge in [-0.1, -0.05) is 0 Å². The zero-order valence-electron chi connectivity index (χ0n) is 6.92. The molecule has 0 heterocycles. The maximum Gasteiger partial charge on any atom is 3.00 e. The Morgan fingerprint density at radius 2 is 0.750 bits per heavy atom. The average Bonchev–Trinajstić information content (AvgIpc) is 2.19. The molecule has 0 saturated heterocycles. The maximum atomic E-state index is 8.83. The summed E-state index contributed by atoms with van der Waals surface area (Å²) in [6.07, 6.45) is -5.40. The van der Waals surface area contributed by atoms with E-state index in [0.717, 1.165) is 0 Å². The maximum absolute atomic E-state index is 8.83. The molecule has 0 aliphatic carbocycles. The fraction of sp³-hybridized carbons (Fsp3) is 0. The Labute approximate surface area is 96.7 Å². The third-order valence-electron chi connectivity index (χ3n) is 0.214. The summed E-state index contributed by atoms with van der Waals surface area (Å²) in [5.41, 5.74) is 0. The minimum absolute atomic E-state index is 0. The Bertz CT molecular complexity index is 155. The molecule has 0 unspecified atom stereocenters. The molecule has 1 radical (unpaired) electrons. The summed E-state index contributed by atoms with van der Waals surface area (Å²) in [6.45, 7) is 0. The van der Waals surface area contributed by atoms with Gasteiger partial charge < -0.3 is 45.8 Å². The van der Waals surface area contributed by atoms with E-state index in [1.54, 1.807) is 0 Å². The molecule has 0 saturated carbocycles. The molecule has 0 bridgehead atoms. The van der Waals surface area contributed by atoms with Crippen molar-refractivity contribution >= 4 is 18.5 Å². The first-order valence-corrected chi connectivity index (χ1v) is 2.40. The molecule has 16 heavy (non-hydrogen) atoms. The van der Waals surface area contributed by atoms with Gasteiger partial charge in [-0.05, 0) is 0 Å². The van der Waals surface area contributed by atoms with Gasteiger partial charge in [0.1, 0.15) is 0 Å². The molecular formula is C3H3CrO12. The van der Waals surface area contributed by atoms with Crippen LogP contribution in [0.1, 0.15) is 0 Å². The fourth-order valence-electron chi connectivity index (χ4n) is 0. The van der Waals surface area contributed by atoms with E-state index in [1.165, 1.54) is 0 Å². The topological polar surface area (TPSA) is 209 Å². The van der Waals surface area contributed by atoms with E-state index < -0.39 is 18.5 Å². The summed E-state index contributed by atoms with van der Waals surface area (Å²) >= 11 is 0. The summed E-state index contributed by atoms with van der Waals surface area (Å²) in [5.74, 6) is 0. The summed E-state index contributed by atoms with van der Waals surface area (Å²) in [7, 11) is 0. The van der Waals surface area contributed by atoms with Crippen LogP contribution in [0.4, 0.5) is 14.4 Å². The minimum Gasteiger partial charge on any atom is -0.659 e. The van der Waals surface area contributed by atoms with Crippen LogP contribution in [-0.4, -0.2) is 33.8 Å². The number of hydrogen-bond donors (Lipinski definition) is 3. The second-order valence-corrected chi connectivity index (χ2v) is 1.05. The van der Waals surface area contributed by atoms with Crippen LogP contribution in [-0.2, 0) is 32.0 Å². The van der Waals surface area contributed by atoms with E-state index in [4.69, 9.17) is 45.5 Å². The van der Waals surface area contributed by atoms with Gasteiger partial charge in [0, 0.05) is 0 Å². The normalized spacial score (nSPS) is 6.19. The van der Waals surface area contributed by atoms with Gasteiger partial charge in [0.2, 0.25) is 0 Å². The zero-order chi connectivity index (χ0) is 12.9. The summed E-state index contributed by atoms with van der Waals surface area (Å²) < 4.78 is 0. The fourth-order valence-corrected chi connectivity index (χ4v) is 0. The van der Waals surface area contributed by atoms with Crippen LogP contribution in [0.3, 0.4) is 0 Å². The first-order valence-electron chi connectivity index (χ1n) is 2.40. The third-order valence-corrected chi connectivity index (χ3v) is 0.214. The Balaban J connectivity index is -0.0000000655. The molecule has 0 spiro atoms. The van der Waals surface area contributed by atoms with Crippen molar-refractivity contribution in [2.45, 2.75) is 0 Å². The molecule has 0 aliphatic rings. The van der Waals surface area contributed by atoms with Gasteiger partial charge in [0.25, 0.3) is 0 Å². The Morgan fingerprint density at radius 1 is 0.688 bits per heavy atom. The predicted molar refractivity (Wildman–Crippen MR) is 27.3 cm³/mol. The number of carboxylic acid groups (broad SMARTS) is 3. The van der Waals surface area contributed by atoms with Crippen LogP contribution in [0.2, 0.25) is 0 Å². The molecular weight excluding hydrogens is 280 g/mol. The van der Waals surface area contributed by atoms with Gasteiger partial charge in [0.05, 0.1) is 0 Å². The van der Waals surface area contributed by atoms with Crippen LogP contribution in [0.5, 0.6) is 0 Å². The third kappa shape index (κ3) is 86.3. The van der Waals surface area contributed by atoms with Gasteiger partial charge >= 0.3 is 35.8 Å². The van der Waals surface area contributed by atoms with Crippen LogP contribution in [0, 0.1) is 0 Å². The second-order valence-electron chi connectivity index (χ2n) is 1.05. The minimum atomic E-state index is -1.80. The van der Waals surface area contributed by atoms with Crippen molar-refractivity contribution in [1.29, 1.82) is 0 Å². The standard InChI is InChI=1S/3CH2O4.Cr/c3*2-1(3)5-4;/h3*4H,(H,2,3);/q;;;+3/p-3. The molecule has 0 aromatic rings. The molecule has 0 aromatic heterocycles.